The van der Waals surface area contributed by atoms with Crippen LogP contribution in [-0.2, 0) is 27.8 Å². The number of halogens is 1. The molecule has 0 radical (unpaired) electrons. The number of nitrogens with one attached hydrogen (secondary N) is 1. The Kier molecular flexibility index (Phi) is 8.38. The molecule has 1 aliphatic carbocycles. The maximum atomic E-state index is 13.2. The molecule has 210 valence electrons. The number of anilines is 1. The molecule has 2 bridgehead atoms. The highest BCUT2D eigenvalue weighted by Gasteiger charge is 2.39. The van der Waals surface area contributed by atoms with Gasteiger partial charge in [-0.15, -0.1) is 0 Å². The van der Waals surface area contributed by atoms with E-state index in [2.05, 4.69) is 9.62 Å². The van der Waals surface area contributed by atoms with Crippen LogP contribution in [0, 0.1) is 11.8 Å². The lowest BCUT2D eigenvalue weighted by Crippen LogP contribution is -2.47. The van der Waals surface area contributed by atoms with Gasteiger partial charge < -0.3 is 14.5 Å². The van der Waals surface area contributed by atoms with Crippen molar-refractivity contribution in [3.05, 3.63) is 58.1 Å². The molecule has 1 fully saturated rings. The van der Waals surface area contributed by atoms with Gasteiger partial charge in [0.05, 0.1) is 11.4 Å². The van der Waals surface area contributed by atoms with E-state index in [0.29, 0.717) is 43.3 Å². The molecule has 1 N–H and O–H groups in total. The van der Waals surface area contributed by atoms with E-state index in [0.717, 1.165) is 55.5 Å². The molecular formula is C29H36ClN3O5S. The average Bonchev–Trinajstić information content (AvgIpc) is 2.91. The van der Waals surface area contributed by atoms with Crippen LogP contribution in [0.25, 0.3) is 0 Å². The summed E-state index contributed by atoms with van der Waals surface area (Å²) >= 11 is 6.28. The number of hydrogen-bond acceptors (Lipinski definition) is 6. The minimum Gasteiger partial charge on any atom is -0.487 e. The lowest BCUT2D eigenvalue weighted by Gasteiger charge is -2.41. The number of benzene rings is 2. The van der Waals surface area contributed by atoms with Gasteiger partial charge in [0, 0.05) is 43.2 Å². The number of rotatable bonds is 0. The van der Waals surface area contributed by atoms with Crippen LogP contribution in [0.15, 0.2) is 36.4 Å². The fourth-order valence-corrected chi connectivity index (χ4v) is 7.04. The van der Waals surface area contributed by atoms with Crippen LogP contribution < -0.4 is 14.4 Å². The number of carbonyl (C=O) groups is 2. The Labute approximate surface area is 235 Å². The quantitative estimate of drug-likeness (QED) is 0.502. The first-order valence-electron chi connectivity index (χ1n) is 13.8. The molecule has 8 nitrogen and oxygen atoms in total. The van der Waals surface area contributed by atoms with Crippen molar-refractivity contribution >= 4 is 39.1 Å². The summed E-state index contributed by atoms with van der Waals surface area (Å²) in [5, 5.41) is 0.700. The van der Waals surface area contributed by atoms with E-state index < -0.39 is 15.9 Å². The molecule has 0 spiro atoms. The van der Waals surface area contributed by atoms with Crippen molar-refractivity contribution in [3.8, 4) is 5.75 Å². The van der Waals surface area contributed by atoms with Crippen LogP contribution in [0.4, 0.5) is 5.69 Å². The maximum Gasteiger partial charge on any atom is 0.264 e. The Bertz CT molecular complexity index is 1350. The van der Waals surface area contributed by atoms with Crippen molar-refractivity contribution in [1.82, 2.24) is 9.62 Å². The molecule has 2 amide bonds. The molecule has 10 heteroatoms. The molecule has 0 unspecified atom stereocenters. The maximum absolute atomic E-state index is 13.2. The molecule has 2 atom stereocenters. The average molecular weight is 574 g/mol. The predicted molar refractivity (Wildman–Crippen MR) is 152 cm³/mol. The van der Waals surface area contributed by atoms with Crippen LogP contribution in [0.2, 0.25) is 5.02 Å². The molecule has 2 aromatic rings. The van der Waals surface area contributed by atoms with Gasteiger partial charge in [-0.25, -0.2) is 13.1 Å². The highest BCUT2D eigenvalue weighted by atomic mass is 35.5. The van der Waals surface area contributed by atoms with E-state index in [4.69, 9.17) is 16.3 Å². The smallest absolute Gasteiger partial charge is 0.264 e. The third-order valence-corrected chi connectivity index (χ3v) is 9.77. The first kappa shape index (κ1) is 27.8. The van der Waals surface area contributed by atoms with E-state index in [1.54, 1.807) is 30.1 Å². The summed E-state index contributed by atoms with van der Waals surface area (Å²) in [4.78, 5) is 30.2. The van der Waals surface area contributed by atoms with Gasteiger partial charge in [-0.05, 0) is 92.3 Å². The van der Waals surface area contributed by atoms with Gasteiger partial charge in [0.25, 0.3) is 5.91 Å². The first-order chi connectivity index (χ1) is 18.7. The van der Waals surface area contributed by atoms with Crippen LogP contribution in [0.1, 0.15) is 60.0 Å². The van der Waals surface area contributed by atoms with Gasteiger partial charge in [-0.1, -0.05) is 17.7 Å². The second-order valence-corrected chi connectivity index (χ2v) is 13.2. The van der Waals surface area contributed by atoms with Gasteiger partial charge in [-0.2, -0.15) is 0 Å². The SMILES string of the molecule is CN1CCCCS(=O)(=O)NC(=O)c2ccc3c(c2)N(CCCCc2cc(Cl)ccc2CO3)C[C@@H]2CC[C@H]2C1=O. The zero-order valence-corrected chi connectivity index (χ0v) is 23.9. The number of ether oxygens (including phenoxy) is 1. The number of carbonyl (C=O) groups excluding carboxylic acids is 2. The van der Waals surface area contributed by atoms with E-state index in [-0.39, 0.29) is 29.1 Å². The minimum atomic E-state index is -3.81. The van der Waals surface area contributed by atoms with E-state index in [9.17, 15) is 18.0 Å². The minimum absolute atomic E-state index is 0.0490. The Balaban J connectivity index is 1.52. The standard InChI is InChI=1S/C29H36ClN3O5S/c1-32-13-4-5-15-39(36,37)31-28(34)21-9-12-27-26(17-21)33(18-22-8-11-25(22)29(32)35)14-3-2-6-20-16-24(30)10-7-23(20)19-38-27/h7,9-10,12,16-17,22,25H,2-6,8,11,13-15,18-19H2,1H3,(H,31,34)/t22-,25+/m0/s1. The van der Waals surface area contributed by atoms with Crippen molar-refractivity contribution < 1.29 is 22.7 Å². The zero-order chi connectivity index (χ0) is 27.6. The third kappa shape index (κ3) is 6.52. The number of aryl methyl sites for hydroxylation is 1. The topological polar surface area (TPSA) is 96.0 Å². The third-order valence-electron chi connectivity index (χ3n) is 8.21. The number of fused-ring (bicyclic) bond motifs is 3. The normalized spacial score (nSPS) is 24.3. The van der Waals surface area contributed by atoms with E-state index in [1.807, 2.05) is 18.2 Å². The molecule has 2 heterocycles. The largest absolute Gasteiger partial charge is 0.487 e. The highest BCUT2D eigenvalue weighted by molar-refractivity contribution is 7.90. The summed E-state index contributed by atoms with van der Waals surface area (Å²) in [7, 11) is -2.01. The lowest BCUT2D eigenvalue weighted by atomic mass is 9.72. The number of sulfonamides is 1. The molecule has 2 aliphatic heterocycles. The van der Waals surface area contributed by atoms with E-state index >= 15 is 0 Å². The molecule has 2 aromatic carbocycles. The zero-order valence-electron chi connectivity index (χ0n) is 22.3. The fraction of sp³-hybridized carbons (Fsp3) is 0.517. The molecule has 1 saturated carbocycles. The van der Waals surface area contributed by atoms with Gasteiger partial charge in [0.1, 0.15) is 12.4 Å². The van der Waals surface area contributed by atoms with Gasteiger partial charge in [-0.3, -0.25) is 9.59 Å². The summed E-state index contributed by atoms with van der Waals surface area (Å²) in [5.74, 6) is 0.0958. The van der Waals surface area contributed by atoms with Crippen molar-refractivity contribution in [2.75, 3.05) is 37.3 Å². The summed E-state index contributed by atoms with van der Waals surface area (Å²) in [6, 6.07) is 10.9. The van der Waals surface area contributed by atoms with Crippen LogP contribution >= 0.6 is 11.6 Å². The molecule has 5 rings (SSSR count). The Morgan fingerprint density at radius 2 is 1.79 bits per heavy atom. The summed E-state index contributed by atoms with van der Waals surface area (Å²) < 4.78 is 33.8. The first-order valence-corrected chi connectivity index (χ1v) is 15.8. The highest BCUT2D eigenvalue weighted by Crippen LogP contribution is 2.39. The predicted octanol–water partition coefficient (Wildman–Crippen LogP) is 4.40. The van der Waals surface area contributed by atoms with Crippen molar-refractivity contribution in [3.63, 3.8) is 0 Å². The number of hydrogen-bond donors (Lipinski definition) is 1. The number of amides is 2. The molecular weight excluding hydrogens is 538 g/mol. The Morgan fingerprint density at radius 1 is 0.974 bits per heavy atom. The van der Waals surface area contributed by atoms with Crippen LogP contribution in [0.3, 0.4) is 0 Å². The monoisotopic (exact) mass is 573 g/mol. The Morgan fingerprint density at radius 3 is 2.59 bits per heavy atom. The second kappa shape index (κ2) is 11.8. The van der Waals surface area contributed by atoms with Crippen molar-refractivity contribution in [2.45, 2.75) is 51.6 Å². The van der Waals surface area contributed by atoms with Gasteiger partial charge >= 0.3 is 0 Å². The summed E-state index contributed by atoms with van der Waals surface area (Å²) in [5.41, 5.74) is 3.24. The number of nitrogens with zero attached hydrogens (tertiary/aromatic N) is 2. The second-order valence-electron chi connectivity index (χ2n) is 10.9. The van der Waals surface area contributed by atoms with E-state index in [1.165, 1.54) is 0 Å². The molecule has 0 saturated heterocycles. The van der Waals surface area contributed by atoms with Crippen molar-refractivity contribution in [1.29, 1.82) is 0 Å². The summed E-state index contributed by atoms with van der Waals surface area (Å²) in [6.45, 7) is 2.24. The van der Waals surface area contributed by atoms with Crippen LogP contribution in [-0.4, -0.2) is 57.6 Å². The van der Waals surface area contributed by atoms with Crippen molar-refractivity contribution in [2.24, 2.45) is 11.8 Å². The molecule has 0 aromatic heterocycles. The Hall–Kier alpha value is -2.78. The van der Waals surface area contributed by atoms with Crippen LogP contribution in [0.5, 0.6) is 5.75 Å². The van der Waals surface area contributed by atoms with Gasteiger partial charge in [0.2, 0.25) is 15.9 Å². The molecule has 3 aliphatic rings. The molecule has 39 heavy (non-hydrogen) atoms. The van der Waals surface area contributed by atoms with Gasteiger partial charge in [0.15, 0.2) is 0 Å². The summed E-state index contributed by atoms with van der Waals surface area (Å²) in [6.07, 6.45) is 5.49. The lowest BCUT2D eigenvalue weighted by molar-refractivity contribution is -0.139. The fourth-order valence-electron chi connectivity index (χ4n) is 5.76.